The number of hydrogen-bond acceptors (Lipinski definition) is 11. The highest BCUT2D eigenvalue weighted by atomic mass is 32.2. The van der Waals surface area contributed by atoms with Crippen molar-refractivity contribution < 1.29 is 33.0 Å². The van der Waals surface area contributed by atoms with Crippen molar-refractivity contribution in [1.82, 2.24) is 30.4 Å². The molecule has 1 fully saturated rings. The van der Waals surface area contributed by atoms with E-state index in [1.54, 1.807) is 30.3 Å². The number of carboxylic acids is 1. The number of nitrogens with two attached hydrogens (primary N) is 1. The van der Waals surface area contributed by atoms with Crippen molar-refractivity contribution in [2.45, 2.75) is 29.2 Å². The number of nitrogens with zero attached hydrogens (tertiary/aromatic N) is 5. The van der Waals surface area contributed by atoms with Crippen LogP contribution in [0.4, 0.5) is 0 Å². The van der Waals surface area contributed by atoms with Crippen molar-refractivity contribution in [2.75, 3.05) is 17.3 Å². The van der Waals surface area contributed by atoms with Gasteiger partial charge < -0.3 is 15.5 Å². The minimum Gasteiger partial charge on any atom is -0.477 e. The van der Waals surface area contributed by atoms with Crippen molar-refractivity contribution in [1.29, 1.82) is 0 Å². The van der Waals surface area contributed by atoms with E-state index in [4.69, 9.17) is 5.14 Å². The van der Waals surface area contributed by atoms with Gasteiger partial charge in [0, 0.05) is 11.5 Å². The van der Waals surface area contributed by atoms with Gasteiger partial charge in [0.25, 0.3) is 11.8 Å². The average Bonchev–Trinajstić information content (AvgIpc) is 3.30. The molecule has 2 aliphatic heterocycles. The number of carbonyl (C=O) groups excluding carboxylic acids is 2. The largest absolute Gasteiger partial charge is 0.477 e. The minimum absolute atomic E-state index is 0.0728. The van der Waals surface area contributed by atoms with Crippen LogP contribution in [0.5, 0.6) is 0 Å². The van der Waals surface area contributed by atoms with E-state index in [-0.39, 0.29) is 34.7 Å². The highest BCUT2D eigenvalue weighted by Crippen LogP contribution is 2.41. The van der Waals surface area contributed by atoms with Crippen LogP contribution in [0.1, 0.15) is 11.7 Å². The molecule has 3 atom stereocenters. The van der Waals surface area contributed by atoms with Crippen LogP contribution in [0.3, 0.4) is 0 Å². The maximum Gasteiger partial charge on any atom is 0.352 e. The van der Waals surface area contributed by atoms with Gasteiger partial charge in [0.2, 0.25) is 15.2 Å². The number of tetrazole rings is 1. The molecule has 0 bridgehead atoms. The molecule has 2 amide bonds. The number of fused-ring (bicyclic) bond motifs is 1. The second-order valence-corrected chi connectivity index (χ2v) is 11.6. The predicted octanol–water partition coefficient (Wildman–Crippen LogP) is -1.47. The van der Waals surface area contributed by atoms with Crippen LogP contribution in [0.25, 0.3) is 0 Å². The lowest BCUT2D eigenvalue weighted by atomic mass is 10.0. The molecular formula is C19H21N7O7S3. The molecule has 0 aliphatic carbocycles. The molecule has 192 valence electrons. The van der Waals surface area contributed by atoms with Crippen molar-refractivity contribution in [3.05, 3.63) is 47.2 Å². The summed E-state index contributed by atoms with van der Waals surface area (Å²) in [4.78, 5) is 38.5. The Morgan fingerprint density at radius 2 is 2.03 bits per heavy atom. The number of β-lactam (4-membered cyclic amide) rings is 1. The lowest BCUT2D eigenvalue weighted by Crippen LogP contribution is -2.70. The molecule has 0 spiro atoms. The van der Waals surface area contributed by atoms with Gasteiger partial charge >= 0.3 is 5.97 Å². The number of aliphatic carboxylic acids is 1. The number of primary sulfonamides is 1. The second-order valence-electron chi connectivity index (χ2n) is 7.81. The van der Waals surface area contributed by atoms with Crippen LogP contribution in [0.2, 0.25) is 0 Å². The van der Waals surface area contributed by atoms with E-state index >= 15 is 0 Å². The average molecular weight is 556 g/mol. The van der Waals surface area contributed by atoms with Crippen LogP contribution in [0.15, 0.2) is 46.8 Å². The number of carboxylic acid groups (broad SMARTS) is 1. The monoisotopic (exact) mass is 555 g/mol. The van der Waals surface area contributed by atoms with Gasteiger partial charge in [-0.25, -0.2) is 23.0 Å². The molecule has 0 radical (unpaired) electrons. The number of sulfonamides is 1. The summed E-state index contributed by atoms with van der Waals surface area (Å²) in [6.45, 7) is -0.0728. The maximum absolute atomic E-state index is 12.8. The zero-order valence-electron chi connectivity index (χ0n) is 18.4. The van der Waals surface area contributed by atoms with Gasteiger partial charge in [0.15, 0.2) is 6.10 Å². The number of nitrogens with one attached hydrogen (secondary N) is 1. The molecule has 3 heterocycles. The van der Waals surface area contributed by atoms with Gasteiger partial charge in [-0.3, -0.25) is 14.5 Å². The molecule has 1 unspecified atom stereocenters. The third kappa shape index (κ3) is 5.54. The molecule has 2 aromatic rings. The number of carbonyl (C=O) groups is 3. The normalized spacial score (nSPS) is 20.5. The number of thioether (sulfide) groups is 2. The van der Waals surface area contributed by atoms with Crippen molar-refractivity contribution in [3.8, 4) is 0 Å². The fourth-order valence-corrected chi connectivity index (χ4v) is 6.43. The molecule has 2 aliphatic rings. The molecule has 17 heteroatoms. The standard InChI is InChI=1S/C19H21N7O7S3/c20-36(32,33)7-6-25-19(22-23-24-25)35-9-11-8-34-17-12(16(29)26(17)13(11)18(30)31)21-15(28)14(27)10-4-2-1-3-5-10/h1-5,12,14,17,27H,6-9H2,(H,21,28)(H,30,31)(H2,20,32,33)/t12?,14-,17-/m1/s1. The first kappa shape index (κ1) is 26.1. The molecular weight excluding hydrogens is 534 g/mol. The fourth-order valence-electron chi connectivity index (χ4n) is 3.62. The van der Waals surface area contributed by atoms with E-state index in [0.29, 0.717) is 11.1 Å². The minimum atomic E-state index is -3.73. The lowest BCUT2D eigenvalue weighted by molar-refractivity contribution is -0.151. The Balaban J connectivity index is 1.43. The topological polar surface area (TPSA) is 211 Å². The second kappa shape index (κ2) is 10.6. The SMILES string of the molecule is NS(=O)(=O)CCn1nnnc1SCC1=C(C(=O)O)N2C(=O)C(NC(=O)[C@H](O)c3ccccc3)[C@H]2SC1. The number of aliphatic hydroxyl groups is 1. The predicted molar refractivity (Wildman–Crippen MR) is 128 cm³/mol. The molecule has 0 saturated carbocycles. The van der Waals surface area contributed by atoms with E-state index in [1.165, 1.54) is 16.4 Å². The highest BCUT2D eigenvalue weighted by Gasteiger charge is 2.54. The Kier molecular flexibility index (Phi) is 7.65. The molecule has 14 nitrogen and oxygen atoms in total. The van der Waals surface area contributed by atoms with Gasteiger partial charge in [0.05, 0.1) is 12.3 Å². The summed E-state index contributed by atoms with van der Waals surface area (Å²) >= 11 is 2.37. The number of aryl methyl sites for hydroxylation is 1. The first-order valence-corrected chi connectivity index (χ1v) is 14.1. The summed E-state index contributed by atoms with van der Waals surface area (Å²) in [5.41, 5.74) is 0.623. The summed E-state index contributed by atoms with van der Waals surface area (Å²) in [5, 5.41) is 38.3. The summed E-state index contributed by atoms with van der Waals surface area (Å²) in [6, 6.07) is 7.25. The third-order valence-electron chi connectivity index (χ3n) is 5.37. The molecule has 4 rings (SSSR count). The van der Waals surface area contributed by atoms with E-state index in [2.05, 4.69) is 20.8 Å². The Morgan fingerprint density at radius 3 is 2.69 bits per heavy atom. The van der Waals surface area contributed by atoms with Crippen molar-refractivity contribution in [3.63, 3.8) is 0 Å². The van der Waals surface area contributed by atoms with Crippen LogP contribution in [-0.4, -0.2) is 90.2 Å². The molecule has 1 aromatic carbocycles. The summed E-state index contributed by atoms with van der Waals surface area (Å²) in [5.74, 6) is -2.64. The first-order valence-electron chi connectivity index (χ1n) is 10.4. The van der Waals surface area contributed by atoms with Crippen molar-refractivity contribution >= 4 is 51.3 Å². The number of benzene rings is 1. The van der Waals surface area contributed by atoms with Gasteiger partial charge in [-0.05, 0) is 21.6 Å². The van der Waals surface area contributed by atoms with E-state index in [0.717, 1.165) is 16.7 Å². The van der Waals surface area contributed by atoms with Gasteiger partial charge in [-0.1, -0.05) is 42.1 Å². The molecule has 5 N–H and O–H groups in total. The number of amides is 2. The number of hydrogen-bond donors (Lipinski definition) is 4. The smallest absolute Gasteiger partial charge is 0.352 e. The van der Waals surface area contributed by atoms with E-state index in [9.17, 15) is 33.0 Å². The maximum atomic E-state index is 12.8. The Bertz CT molecular complexity index is 1320. The van der Waals surface area contributed by atoms with Crippen LogP contribution in [0, 0.1) is 0 Å². The number of aromatic nitrogens is 4. The summed E-state index contributed by atoms with van der Waals surface area (Å²) in [6.07, 6.45) is -1.47. The molecule has 36 heavy (non-hydrogen) atoms. The Morgan fingerprint density at radius 1 is 1.31 bits per heavy atom. The number of rotatable bonds is 10. The zero-order valence-corrected chi connectivity index (χ0v) is 20.9. The van der Waals surface area contributed by atoms with Crippen LogP contribution in [-0.2, 0) is 31.0 Å². The summed E-state index contributed by atoms with van der Waals surface area (Å²) < 4.78 is 23.7. The Hall–Kier alpha value is -2.99. The zero-order chi connectivity index (χ0) is 26.0. The molecule has 1 saturated heterocycles. The van der Waals surface area contributed by atoms with E-state index in [1.807, 2.05) is 0 Å². The highest BCUT2D eigenvalue weighted by molar-refractivity contribution is 8.01. The Labute approximate surface area is 213 Å². The van der Waals surface area contributed by atoms with Crippen LogP contribution < -0.4 is 10.5 Å². The van der Waals surface area contributed by atoms with Gasteiger partial charge in [-0.2, -0.15) is 0 Å². The fraction of sp³-hybridized carbons (Fsp3) is 0.368. The first-order chi connectivity index (χ1) is 17.1. The quantitative estimate of drug-likeness (QED) is 0.195. The lowest BCUT2D eigenvalue weighted by Gasteiger charge is -2.49. The van der Waals surface area contributed by atoms with Crippen LogP contribution >= 0.6 is 23.5 Å². The molecule has 1 aromatic heterocycles. The number of aliphatic hydroxyl groups excluding tert-OH is 1. The van der Waals surface area contributed by atoms with Gasteiger partial charge in [-0.15, -0.1) is 16.9 Å². The van der Waals surface area contributed by atoms with Crippen molar-refractivity contribution in [2.24, 2.45) is 5.14 Å². The van der Waals surface area contributed by atoms with Gasteiger partial charge in [0.1, 0.15) is 17.1 Å². The van der Waals surface area contributed by atoms with E-state index < -0.39 is 45.3 Å². The summed E-state index contributed by atoms with van der Waals surface area (Å²) in [7, 11) is -3.73. The third-order valence-corrected chi connectivity index (χ3v) is 8.51.